The van der Waals surface area contributed by atoms with E-state index in [1.807, 2.05) is 0 Å². The number of benzene rings is 3. The molecule has 2 heteroatoms. The molecule has 2 radical (unpaired) electrons. The molecule has 0 N–H and O–H groups in total. The van der Waals surface area contributed by atoms with Crippen LogP contribution in [0.3, 0.4) is 0 Å². The Labute approximate surface area is 132 Å². The monoisotopic (exact) mass is 281 g/mol. The highest BCUT2D eigenvalue weighted by Gasteiger charge is 2.09. The number of fused-ring (bicyclic) bond motifs is 2. The minimum Gasteiger partial charge on any atom is -0.398 e. The van der Waals surface area contributed by atoms with Crippen LogP contribution in [0.15, 0.2) is 66.7 Å². The van der Waals surface area contributed by atoms with E-state index in [0.717, 1.165) is 24.2 Å². The van der Waals surface area contributed by atoms with Gasteiger partial charge in [0, 0.05) is 11.4 Å². The maximum absolute atomic E-state index is 6.35. The van der Waals surface area contributed by atoms with Crippen molar-refractivity contribution in [2.45, 2.75) is 12.8 Å². The summed E-state index contributed by atoms with van der Waals surface area (Å²) in [5.41, 5.74) is 4.69. The topological polar surface area (TPSA) is 3.24 Å². The number of allylic oxidation sites excluding steroid dienone is 1. The van der Waals surface area contributed by atoms with Gasteiger partial charge in [0.15, 0.2) is 0 Å². The van der Waals surface area contributed by atoms with Gasteiger partial charge in [0.25, 0.3) is 0 Å². The van der Waals surface area contributed by atoms with E-state index in [1.54, 1.807) is 4.81 Å². The first-order valence-electron chi connectivity index (χ1n) is 7.64. The van der Waals surface area contributed by atoms with Crippen molar-refractivity contribution in [2.75, 3.05) is 4.81 Å². The summed E-state index contributed by atoms with van der Waals surface area (Å²) in [4.78, 5) is 1.76. The molecule has 1 nitrogen and oxygen atoms in total. The first-order valence-corrected chi connectivity index (χ1v) is 7.64. The average molecular weight is 281 g/mol. The molecule has 0 saturated heterocycles. The van der Waals surface area contributed by atoms with Crippen molar-refractivity contribution in [3.8, 4) is 0 Å². The number of hydrogen-bond donors (Lipinski definition) is 0. The number of aryl methyl sites for hydroxylation is 1. The Hall–Kier alpha value is -2.48. The Morgan fingerprint density at radius 2 is 1.59 bits per heavy atom. The first-order chi connectivity index (χ1) is 10.8. The van der Waals surface area contributed by atoms with E-state index in [9.17, 15) is 0 Å². The first kappa shape index (κ1) is 13.2. The molecule has 0 saturated carbocycles. The lowest BCUT2D eigenvalue weighted by Crippen LogP contribution is -2.12. The molecule has 0 atom stereocenters. The molecular weight excluding hydrogens is 265 g/mol. The Morgan fingerprint density at radius 1 is 0.818 bits per heavy atom. The fraction of sp³-hybridized carbons (Fsp3) is 0.100. The Kier molecular flexibility index (Phi) is 3.23. The van der Waals surface area contributed by atoms with Crippen molar-refractivity contribution >= 4 is 36.2 Å². The molecule has 0 unspecified atom stereocenters. The smallest absolute Gasteiger partial charge is 0.234 e. The molecule has 104 valence electrons. The minimum absolute atomic E-state index is 0.999. The molecule has 0 bridgehead atoms. The second kappa shape index (κ2) is 5.38. The molecule has 1 aliphatic carbocycles. The molecule has 4 rings (SSSR count). The fourth-order valence-electron chi connectivity index (χ4n) is 3.04. The SMILES string of the molecule is [B]N(c1ccc2c(c1)C=CCC2)c1ccc2ccccc2c1. The maximum atomic E-state index is 6.35. The summed E-state index contributed by atoms with van der Waals surface area (Å²) in [5.74, 6) is 0. The van der Waals surface area contributed by atoms with Crippen molar-refractivity contribution in [3.63, 3.8) is 0 Å². The van der Waals surface area contributed by atoms with Gasteiger partial charge in [-0.1, -0.05) is 48.6 Å². The number of hydrogen-bond acceptors (Lipinski definition) is 1. The van der Waals surface area contributed by atoms with Crippen molar-refractivity contribution < 1.29 is 0 Å². The minimum atomic E-state index is 0.999. The highest BCUT2D eigenvalue weighted by atomic mass is 15.0. The molecule has 0 fully saturated rings. The molecule has 3 aromatic rings. The van der Waals surface area contributed by atoms with Crippen LogP contribution in [0.4, 0.5) is 11.4 Å². The second-order valence-electron chi connectivity index (χ2n) is 5.73. The third kappa shape index (κ3) is 2.31. The largest absolute Gasteiger partial charge is 0.398 e. The number of rotatable bonds is 2. The molecule has 0 aliphatic heterocycles. The van der Waals surface area contributed by atoms with E-state index in [-0.39, 0.29) is 0 Å². The van der Waals surface area contributed by atoms with Crippen molar-refractivity contribution in [2.24, 2.45) is 0 Å². The molecule has 3 aromatic carbocycles. The van der Waals surface area contributed by atoms with Gasteiger partial charge in [-0.2, -0.15) is 0 Å². The van der Waals surface area contributed by atoms with E-state index < -0.39 is 0 Å². The van der Waals surface area contributed by atoms with Gasteiger partial charge in [0.2, 0.25) is 7.98 Å². The van der Waals surface area contributed by atoms with E-state index in [2.05, 4.69) is 72.8 Å². The third-order valence-corrected chi connectivity index (χ3v) is 4.30. The van der Waals surface area contributed by atoms with Gasteiger partial charge in [-0.05, 0) is 59.0 Å². The molecule has 0 aromatic heterocycles. The molecule has 0 spiro atoms. The highest BCUT2D eigenvalue weighted by molar-refractivity contribution is 6.22. The maximum Gasteiger partial charge on any atom is 0.234 e. The Morgan fingerprint density at radius 3 is 2.50 bits per heavy atom. The van der Waals surface area contributed by atoms with Gasteiger partial charge in [-0.3, -0.25) is 0 Å². The van der Waals surface area contributed by atoms with Crippen LogP contribution in [-0.2, 0) is 6.42 Å². The standard InChI is InChI=1S/C20H16BN/c21-22(19-11-9-15-5-1-3-7-17(15)13-19)20-12-10-16-6-2-4-8-18(16)14-20/h1,3-5,7-14H,2,6H2. The lowest BCUT2D eigenvalue weighted by atomic mass is 9.96. The van der Waals surface area contributed by atoms with E-state index in [4.69, 9.17) is 7.98 Å². The van der Waals surface area contributed by atoms with Crippen LogP contribution in [0.5, 0.6) is 0 Å². The van der Waals surface area contributed by atoms with E-state index in [1.165, 1.54) is 21.9 Å². The van der Waals surface area contributed by atoms with Crippen molar-refractivity contribution in [3.05, 3.63) is 77.9 Å². The van der Waals surface area contributed by atoms with Crippen molar-refractivity contribution in [1.29, 1.82) is 0 Å². The van der Waals surface area contributed by atoms with Gasteiger partial charge in [0.05, 0.1) is 0 Å². The van der Waals surface area contributed by atoms with Crippen LogP contribution in [0.2, 0.25) is 0 Å². The number of nitrogens with zero attached hydrogens (tertiary/aromatic N) is 1. The molecule has 0 amide bonds. The lowest BCUT2D eigenvalue weighted by molar-refractivity contribution is 0.985. The van der Waals surface area contributed by atoms with Gasteiger partial charge < -0.3 is 4.81 Å². The fourth-order valence-corrected chi connectivity index (χ4v) is 3.04. The quantitative estimate of drug-likeness (QED) is 0.596. The summed E-state index contributed by atoms with van der Waals surface area (Å²) >= 11 is 0. The van der Waals surface area contributed by atoms with Gasteiger partial charge in [-0.15, -0.1) is 0 Å². The third-order valence-electron chi connectivity index (χ3n) is 4.30. The summed E-state index contributed by atoms with van der Waals surface area (Å²) in [6.45, 7) is 0. The summed E-state index contributed by atoms with van der Waals surface area (Å²) in [6.07, 6.45) is 6.66. The average Bonchev–Trinajstić information content (AvgIpc) is 2.60. The van der Waals surface area contributed by atoms with Gasteiger partial charge in [0.1, 0.15) is 0 Å². The predicted octanol–water partition coefficient (Wildman–Crippen LogP) is 5.02. The summed E-state index contributed by atoms with van der Waals surface area (Å²) in [5, 5.41) is 2.43. The second-order valence-corrected chi connectivity index (χ2v) is 5.73. The zero-order valence-corrected chi connectivity index (χ0v) is 12.4. The highest BCUT2D eigenvalue weighted by Crippen LogP contribution is 2.30. The lowest BCUT2D eigenvalue weighted by Gasteiger charge is -2.23. The zero-order chi connectivity index (χ0) is 14.9. The van der Waals surface area contributed by atoms with Gasteiger partial charge in [-0.25, -0.2) is 0 Å². The van der Waals surface area contributed by atoms with Crippen LogP contribution in [0.1, 0.15) is 17.5 Å². The van der Waals surface area contributed by atoms with Crippen LogP contribution in [0, 0.1) is 0 Å². The zero-order valence-electron chi connectivity index (χ0n) is 12.4. The molecular formula is C20H16BN. The normalized spacial score (nSPS) is 13.1. The molecule has 0 heterocycles. The number of anilines is 2. The predicted molar refractivity (Wildman–Crippen MR) is 95.6 cm³/mol. The van der Waals surface area contributed by atoms with Crippen LogP contribution in [-0.4, -0.2) is 7.98 Å². The van der Waals surface area contributed by atoms with Gasteiger partial charge >= 0.3 is 0 Å². The van der Waals surface area contributed by atoms with Crippen LogP contribution < -0.4 is 4.81 Å². The van der Waals surface area contributed by atoms with E-state index >= 15 is 0 Å². The Balaban J connectivity index is 1.73. The molecule has 1 aliphatic rings. The summed E-state index contributed by atoms with van der Waals surface area (Å²) < 4.78 is 0. The van der Waals surface area contributed by atoms with E-state index in [0.29, 0.717) is 0 Å². The summed E-state index contributed by atoms with van der Waals surface area (Å²) in [6, 6.07) is 21.1. The Bertz CT molecular complexity index is 866. The summed E-state index contributed by atoms with van der Waals surface area (Å²) in [7, 11) is 6.35. The molecule has 22 heavy (non-hydrogen) atoms. The van der Waals surface area contributed by atoms with Crippen molar-refractivity contribution in [1.82, 2.24) is 0 Å². The van der Waals surface area contributed by atoms with Crippen LogP contribution in [0.25, 0.3) is 16.8 Å². The van der Waals surface area contributed by atoms with Crippen LogP contribution >= 0.6 is 0 Å².